The van der Waals surface area contributed by atoms with Crippen molar-refractivity contribution in [2.45, 2.75) is 59.0 Å². The van der Waals surface area contributed by atoms with Crippen molar-refractivity contribution in [3.05, 3.63) is 17.0 Å². The lowest BCUT2D eigenvalue weighted by molar-refractivity contribution is -0.140. The molecule has 0 spiro atoms. The molecular formula is C19H31N3O3. The third-order valence-corrected chi connectivity index (χ3v) is 5.54. The Labute approximate surface area is 150 Å². The summed E-state index contributed by atoms with van der Waals surface area (Å²) in [6.45, 7) is 10.7. The number of rotatable bonds is 7. The van der Waals surface area contributed by atoms with E-state index in [1.165, 1.54) is 12.0 Å². The Kier molecular flexibility index (Phi) is 6.12. The SMILES string of the molecule is CCCCOCC(=O)N1C[C@H]2CC[C@@H]1CN(Cc1c(C)noc1C)C2. The standard InChI is InChI=1S/C19H31N3O3/c1-4-5-8-24-13-19(23)22-10-16-6-7-17(22)11-21(9-16)12-18-14(2)20-25-15(18)3/h16-17H,4-13H2,1-3H3/t16-,17+/m0/s1. The molecule has 25 heavy (non-hydrogen) atoms. The molecule has 2 bridgehead atoms. The number of piperidine rings is 1. The van der Waals surface area contributed by atoms with Gasteiger partial charge >= 0.3 is 0 Å². The molecule has 0 saturated carbocycles. The molecule has 1 aromatic rings. The van der Waals surface area contributed by atoms with E-state index in [1.54, 1.807) is 0 Å². The molecule has 3 fully saturated rings. The van der Waals surface area contributed by atoms with Crippen molar-refractivity contribution in [1.29, 1.82) is 0 Å². The van der Waals surface area contributed by atoms with Crippen LogP contribution in [0.25, 0.3) is 0 Å². The number of hydrogen-bond donors (Lipinski definition) is 0. The lowest BCUT2D eigenvalue weighted by atomic mass is 9.95. The first kappa shape index (κ1) is 18.4. The molecule has 0 aromatic carbocycles. The van der Waals surface area contributed by atoms with Crippen molar-refractivity contribution in [2.75, 3.05) is 32.8 Å². The first-order chi connectivity index (χ1) is 12.1. The van der Waals surface area contributed by atoms with Crippen LogP contribution in [-0.2, 0) is 16.1 Å². The van der Waals surface area contributed by atoms with Gasteiger partial charge in [-0.3, -0.25) is 9.69 Å². The molecule has 0 N–H and O–H groups in total. The van der Waals surface area contributed by atoms with E-state index in [1.807, 2.05) is 13.8 Å². The van der Waals surface area contributed by atoms with Gasteiger partial charge in [0.05, 0.1) is 5.69 Å². The van der Waals surface area contributed by atoms with Crippen molar-refractivity contribution in [1.82, 2.24) is 15.0 Å². The van der Waals surface area contributed by atoms with Gasteiger partial charge in [-0.25, -0.2) is 0 Å². The van der Waals surface area contributed by atoms with Crippen LogP contribution in [0.5, 0.6) is 0 Å². The zero-order valence-corrected chi connectivity index (χ0v) is 15.8. The Balaban J connectivity index is 1.59. The zero-order valence-electron chi connectivity index (χ0n) is 15.8. The summed E-state index contributed by atoms with van der Waals surface area (Å²) in [6, 6.07) is 0.307. The predicted octanol–water partition coefficient (Wildman–Crippen LogP) is 2.53. The number of fused-ring (bicyclic) bond motifs is 4. The number of carbonyl (C=O) groups excluding carboxylic acids is 1. The molecule has 4 rings (SSSR count). The van der Waals surface area contributed by atoms with Gasteiger partial charge in [0, 0.05) is 44.4 Å². The second-order valence-corrected chi connectivity index (χ2v) is 7.55. The molecule has 140 valence electrons. The normalized spacial score (nSPS) is 23.9. The van der Waals surface area contributed by atoms with Crippen LogP contribution in [0.15, 0.2) is 4.52 Å². The van der Waals surface area contributed by atoms with Crippen molar-refractivity contribution in [3.8, 4) is 0 Å². The monoisotopic (exact) mass is 349 g/mol. The van der Waals surface area contributed by atoms with Crippen LogP contribution in [0.4, 0.5) is 0 Å². The van der Waals surface area contributed by atoms with Gasteiger partial charge in [0.1, 0.15) is 12.4 Å². The number of aryl methyl sites for hydroxylation is 2. The molecule has 0 unspecified atom stereocenters. The molecule has 0 radical (unpaired) electrons. The average Bonchev–Trinajstić information content (AvgIpc) is 2.80. The van der Waals surface area contributed by atoms with Gasteiger partial charge in [0.15, 0.2) is 0 Å². The Morgan fingerprint density at radius 3 is 2.84 bits per heavy atom. The molecule has 1 amide bonds. The molecular weight excluding hydrogens is 318 g/mol. The predicted molar refractivity (Wildman–Crippen MR) is 95.2 cm³/mol. The van der Waals surface area contributed by atoms with Gasteiger partial charge in [-0.1, -0.05) is 18.5 Å². The minimum absolute atomic E-state index is 0.157. The molecule has 6 heteroatoms. The minimum atomic E-state index is 0.157. The Bertz CT molecular complexity index is 567. The van der Waals surface area contributed by atoms with Crippen molar-refractivity contribution in [3.63, 3.8) is 0 Å². The highest BCUT2D eigenvalue weighted by atomic mass is 16.5. The van der Waals surface area contributed by atoms with Gasteiger partial charge < -0.3 is 14.2 Å². The minimum Gasteiger partial charge on any atom is -0.372 e. The third kappa shape index (κ3) is 4.42. The Morgan fingerprint density at radius 2 is 2.12 bits per heavy atom. The summed E-state index contributed by atoms with van der Waals surface area (Å²) < 4.78 is 10.9. The van der Waals surface area contributed by atoms with E-state index in [0.29, 0.717) is 18.6 Å². The summed E-state index contributed by atoms with van der Waals surface area (Å²) in [7, 11) is 0. The summed E-state index contributed by atoms with van der Waals surface area (Å²) in [6.07, 6.45) is 4.43. The first-order valence-corrected chi connectivity index (χ1v) is 9.59. The number of unbranched alkanes of at least 4 members (excludes halogenated alkanes) is 1. The summed E-state index contributed by atoms with van der Waals surface area (Å²) in [5, 5.41) is 4.07. The lowest BCUT2D eigenvalue weighted by Crippen LogP contribution is -2.48. The van der Waals surface area contributed by atoms with Crippen LogP contribution < -0.4 is 0 Å². The summed E-state index contributed by atoms with van der Waals surface area (Å²) >= 11 is 0. The van der Waals surface area contributed by atoms with E-state index in [2.05, 4.69) is 21.9 Å². The highest BCUT2D eigenvalue weighted by Crippen LogP contribution is 2.29. The van der Waals surface area contributed by atoms with Gasteiger partial charge in [-0.2, -0.15) is 0 Å². The molecule has 3 aliphatic rings. The molecule has 1 aromatic heterocycles. The summed E-state index contributed by atoms with van der Waals surface area (Å²) in [5.41, 5.74) is 2.17. The second kappa shape index (κ2) is 8.32. The fourth-order valence-electron chi connectivity index (χ4n) is 4.05. The number of nitrogens with zero attached hydrogens (tertiary/aromatic N) is 3. The number of hydrogen-bond acceptors (Lipinski definition) is 5. The van der Waals surface area contributed by atoms with Crippen LogP contribution in [-0.4, -0.2) is 59.8 Å². The maximum absolute atomic E-state index is 12.6. The average molecular weight is 349 g/mol. The topological polar surface area (TPSA) is 58.8 Å². The van der Waals surface area contributed by atoms with Crippen LogP contribution in [0, 0.1) is 19.8 Å². The van der Waals surface area contributed by atoms with E-state index in [9.17, 15) is 4.79 Å². The summed E-state index contributed by atoms with van der Waals surface area (Å²) in [4.78, 5) is 17.1. The highest BCUT2D eigenvalue weighted by molar-refractivity contribution is 5.78. The number of carbonyl (C=O) groups is 1. The molecule has 3 saturated heterocycles. The molecule has 6 nitrogen and oxygen atoms in total. The number of amides is 1. The Hall–Kier alpha value is -1.40. The fourth-order valence-corrected chi connectivity index (χ4v) is 4.05. The van der Waals surface area contributed by atoms with Gasteiger partial charge in [0.25, 0.3) is 0 Å². The van der Waals surface area contributed by atoms with Crippen LogP contribution in [0.2, 0.25) is 0 Å². The quantitative estimate of drug-likeness (QED) is 0.708. The fraction of sp³-hybridized carbons (Fsp3) is 0.789. The van der Waals surface area contributed by atoms with Gasteiger partial charge in [-0.15, -0.1) is 0 Å². The molecule has 2 atom stereocenters. The molecule has 0 aliphatic carbocycles. The van der Waals surface area contributed by atoms with Crippen LogP contribution >= 0.6 is 0 Å². The maximum Gasteiger partial charge on any atom is 0.248 e. The first-order valence-electron chi connectivity index (χ1n) is 9.59. The van der Waals surface area contributed by atoms with Gasteiger partial charge in [-0.05, 0) is 39.0 Å². The van der Waals surface area contributed by atoms with Crippen molar-refractivity contribution >= 4 is 5.91 Å². The number of aromatic nitrogens is 1. The zero-order chi connectivity index (χ0) is 17.8. The van der Waals surface area contributed by atoms with E-state index in [4.69, 9.17) is 9.26 Å². The summed E-state index contributed by atoms with van der Waals surface area (Å²) in [5.74, 6) is 1.62. The molecule has 4 heterocycles. The van der Waals surface area contributed by atoms with Crippen molar-refractivity contribution < 1.29 is 14.1 Å². The number of ether oxygens (including phenoxy) is 1. The van der Waals surface area contributed by atoms with E-state index in [-0.39, 0.29) is 12.5 Å². The van der Waals surface area contributed by atoms with Crippen molar-refractivity contribution in [2.24, 2.45) is 5.92 Å². The smallest absolute Gasteiger partial charge is 0.248 e. The van der Waals surface area contributed by atoms with Crippen LogP contribution in [0.3, 0.4) is 0 Å². The molecule has 3 aliphatic heterocycles. The third-order valence-electron chi connectivity index (χ3n) is 5.54. The Morgan fingerprint density at radius 1 is 1.28 bits per heavy atom. The largest absolute Gasteiger partial charge is 0.372 e. The second-order valence-electron chi connectivity index (χ2n) is 7.55. The van der Waals surface area contributed by atoms with E-state index < -0.39 is 0 Å². The van der Waals surface area contributed by atoms with Crippen LogP contribution in [0.1, 0.15) is 49.6 Å². The van der Waals surface area contributed by atoms with Gasteiger partial charge in [0.2, 0.25) is 5.91 Å². The van der Waals surface area contributed by atoms with E-state index >= 15 is 0 Å². The lowest BCUT2D eigenvalue weighted by Gasteiger charge is -2.36. The van der Waals surface area contributed by atoms with E-state index in [0.717, 1.165) is 56.9 Å². The highest BCUT2D eigenvalue weighted by Gasteiger charge is 2.37. The maximum atomic E-state index is 12.6.